The number of allylic oxidation sites excluding steroid dienone is 1. The van der Waals surface area contributed by atoms with Crippen molar-refractivity contribution >= 4 is 5.97 Å². The van der Waals surface area contributed by atoms with E-state index in [1.54, 1.807) is 12.5 Å². The summed E-state index contributed by atoms with van der Waals surface area (Å²) in [6, 6.07) is 1.94. The lowest BCUT2D eigenvalue weighted by atomic mass is 9.44. The smallest absolute Gasteiger partial charge is 0.334 e. The van der Waals surface area contributed by atoms with Crippen molar-refractivity contribution in [3.63, 3.8) is 0 Å². The Bertz CT molecular complexity index is 827. The Morgan fingerprint density at radius 1 is 1.12 bits per heavy atom. The van der Waals surface area contributed by atoms with E-state index in [9.17, 15) is 4.79 Å². The van der Waals surface area contributed by atoms with E-state index >= 15 is 0 Å². The first-order valence-electron chi connectivity index (χ1n) is 9.21. The molecule has 0 aromatic carbocycles. The molecule has 0 radical (unpaired) electrons. The summed E-state index contributed by atoms with van der Waals surface area (Å²) in [6.45, 7) is 4.96. The Morgan fingerprint density at radius 2 is 2.00 bits per heavy atom. The molecule has 1 aromatic heterocycles. The second-order valence-corrected chi connectivity index (χ2v) is 8.85. The zero-order valence-electron chi connectivity index (χ0n) is 14.6. The molecule has 5 atom stereocenters. The molecule has 1 saturated carbocycles. The van der Waals surface area contributed by atoms with E-state index < -0.39 is 11.4 Å². The first-order valence-corrected chi connectivity index (χ1v) is 9.21. The first-order chi connectivity index (χ1) is 11.9. The molecule has 3 aliphatic heterocycles. The largest absolute Gasteiger partial charge is 0.472 e. The van der Waals surface area contributed by atoms with Gasteiger partial charge >= 0.3 is 5.97 Å². The summed E-state index contributed by atoms with van der Waals surface area (Å²) in [4.78, 5) is 12.4. The van der Waals surface area contributed by atoms with Crippen LogP contribution in [0.1, 0.15) is 51.5 Å². The van der Waals surface area contributed by atoms with Crippen LogP contribution in [-0.2, 0) is 24.8 Å². The second-order valence-electron chi connectivity index (χ2n) is 8.85. The number of esters is 1. The molecule has 6 rings (SSSR count). The number of fused-ring (bicyclic) bond motifs is 1. The molecule has 25 heavy (non-hydrogen) atoms. The van der Waals surface area contributed by atoms with Gasteiger partial charge in [0.2, 0.25) is 0 Å². The minimum Gasteiger partial charge on any atom is -0.472 e. The topological polar surface area (TPSA) is 57.9 Å². The second kappa shape index (κ2) is 3.89. The number of hydrogen-bond donors (Lipinski definition) is 0. The van der Waals surface area contributed by atoms with Crippen molar-refractivity contribution in [3.8, 4) is 0 Å². The predicted molar refractivity (Wildman–Crippen MR) is 86.4 cm³/mol. The predicted octanol–water partition coefficient (Wildman–Crippen LogP) is 3.44. The highest BCUT2D eigenvalue weighted by Crippen LogP contribution is 2.79. The molecule has 0 amide bonds. The lowest BCUT2D eigenvalue weighted by molar-refractivity contribution is -0.392. The molecule has 4 fully saturated rings. The van der Waals surface area contributed by atoms with Gasteiger partial charge in [-0.2, -0.15) is 0 Å². The third kappa shape index (κ3) is 1.25. The lowest BCUT2D eigenvalue weighted by Gasteiger charge is -2.65. The summed E-state index contributed by atoms with van der Waals surface area (Å²) in [7, 11) is 0. The van der Waals surface area contributed by atoms with Gasteiger partial charge < -0.3 is 18.6 Å². The number of cyclic esters (lactones) is 1. The average molecular weight is 342 g/mol. The molecule has 5 heteroatoms. The maximum atomic E-state index is 12.4. The Balaban J connectivity index is 1.61. The number of ether oxygens (including phenoxy) is 3. The number of hydrogen-bond acceptors (Lipinski definition) is 5. The van der Waals surface area contributed by atoms with E-state index in [4.69, 9.17) is 18.6 Å². The van der Waals surface area contributed by atoms with E-state index in [1.807, 2.05) is 6.07 Å². The van der Waals surface area contributed by atoms with Gasteiger partial charge in [-0.25, -0.2) is 4.79 Å². The third-order valence-corrected chi connectivity index (χ3v) is 8.17. The van der Waals surface area contributed by atoms with Gasteiger partial charge in [-0.3, -0.25) is 0 Å². The van der Waals surface area contributed by atoms with Crippen molar-refractivity contribution in [3.05, 3.63) is 35.8 Å². The SMILES string of the molecule is CC12CCC34COC(=O)C3=CCCC43OC(c4ccoc4)(CC13C)O2. The number of carbonyl (C=O) groups is 1. The third-order valence-electron chi connectivity index (χ3n) is 8.17. The number of furan rings is 1. The van der Waals surface area contributed by atoms with Crippen molar-refractivity contribution < 1.29 is 23.4 Å². The Morgan fingerprint density at radius 3 is 2.80 bits per heavy atom. The van der Waals surface area contributed by atoms with Gasteiger partial charge in [-0.1, -0.05) is 13.0 Å². The maximum Gasteiger partial charge on any atom is 0.334 e. The Hall–Kier alpha value is -1.59. The Labute approximate surface area is 146 Å². The zero-order chi connectivity index (χ0) is 17.1. The van der Waals surface area contributed by atoms with Crippen LogP contribution in [0.4, 0.5) is 0 Å². The van der Waals surface area contributed by atoms with Gasteiger partial charge in [0.25, 0.3) is 0 Å². The number of carbonyl (C=O) groups excluding carboxylic acids is 1. The van der Waals surface area contributed by atoms with Crippen molar-refractivity contribution in [1.29, 1.82) is 0 Å². The van der Waals surface area contributed by atoms with Crippen molar-refractivity contribution in [2.24, 2.45) is 10.8 Å². The van der Waals surface area contributed by atoms with E-state index in [2.05, 4.69) is 19.9 Å². The molecule has 2 aliphatic carbocycles. The molecular weight excluding hydrogens is 320 g/mol. The molecule has 5 nitrogen and oxygen atoms in total. The first kappa shape index (κ1) is 14.6. The van der Waals surface area contributed by atoms with Crippen LogP contribution in [0, 0.1) is 10.8 Å². The van der Waals surface area contributed by atoms with E-state index in [0.29, 0.717) is 6.61 Å². The van der Waals surface area contributed by atoms with Gasteiger partial charge in [0, 0.05) is 23.0 Å². The molecule has 0 N–H and O–H groups in total. The minimum absolute atomic E-state index is 0.157. The van der Waals surface area contributed by atoms with Crippen molar-refractivity contribution in [2.75, 3.05) is 6.61 Å². The minimum atomic E-state index is -0.780. The van der Waals surface area contributed by atoms with Crippen LogP contribution in [0.15, 0.2) is 34.7 Å². The molecule has 2 bridgehead atoms. The molecule has 4 heterocycles. The van der Waals surface area contributed by atoms with Crippen LogP contribution < -0.4 is 0 Å². The Kier molecular flexibility index (Phi) is 2.26. The average Bonchev–Trinajstić information content (AvgIpc) is 3.29. The van der Waals surface area contributed by atoms with Gasteiger partial charge in [0.05, 0.1) is 29.1 Å². The van der Waals surface area contributed by atoms with Crippen molar-refractivity contribution in [1.82, 2.24) is 0 Å². The van der Waals surface area contributed by atoms with E-state index in [1.165, 1.54) is 0 Å². The fourth-order valence-corrected chi connectivity index (χ4v) is 6.84. The van der Waals surface area contributed by atoms with Crippen LogP contribution in [0.5, 0.6) is 0 Å². The summed E-state index contributed by atoms with van der Waals surface area (Å²) < 4.78 is 24.5. The van der Waals surface area contributed by atoms with Crippen LogP contribution in [0.3, 0.4) is 0 Å². The maximum absolute atomic E-state index is 12.4. The highest BCUT2D eigenvalue weighted by atomic mass is 16.7. The fraction of sp³-hybridized carbons (Fsp3) is 0.650. The normalized spacial score (nSPS) is 52.6. The summed E-state index contributed by atoms with van der Waals surface area (Å²) >= 11 is 0. The van der Waals surface area contributed by atoms with Gasteiger partial charge in [-0.15, -0.1) is 0 Å². The van der Waals surface area contributed by atoms with Crippen molar-refractivity contribution in [2.45, 2.75) is 62.9 Å². The number of rotatable bonds is 1. The molecule has 132 valence electrons. The quantitative estimate of drug-likeness (QED) is 0.732. The van der Waals surface area contributed by atoms with Crippen LogP contribution >= 0.6 is 0 Å². The molecular formula is C20H22O5. The van der Waals surface area contributed by atoms with Crippen LogP contribution in [0.25, 0.3) is 0 Å². The zero-order valence-corrected chi connectivity index (χ0v) is 14.6. The fourth-order valence-electron chi connectivity index (χ4n) is 6.84. The monoisotopic (exact) mass is 342 g/mol. The summed E-state index contributed by atoms with van der Waals surface area (Å²) in [6.07, 6.45) is 9.81. The van der Waals surface area contributed by atoms with Crippen LogP contribution in [-0.4, -0.2) is 23.8 Å². The van der Waals surface area contributed by atoms with Gasteiger partial charge in [-0.05, 0) is 38.7 Å². The molecule has 3 saturated heterocycles. The van der Waals surface area contributed by atoms with Crippen LogP contribution in [0.2, 0.25) is 0 Å². The molecule has 2 spiro atoms. The van der Waals surface area contributed by atoms with Gasteiger partial charge in [0.1, 0.15) is 6.61 Å². The standard InChI is InChI=1S/C20H22O5/c1-16-11-19(13-5-9-22-10-13)24-17(16,2)7-8-18-12-23-15(21)14(18)4-3-6-20(16,18)25-19/h4-5,9-10H,3,6-8,11-12H2,1-2H3. The summed E-state index contributed by atoms with van der Waals surface area (Å²) in [5.74, 6) is -0.936. The highest BCUT2D eigenvalue weighted by Gasteiger charge is 2.85. The molecule has 1 aromatic rings. The summed E-state index contributed by atoms with van der Waals surface area (Å²) in [5.41, 5.74) is 0.560. The lowest BCUT2D eigenvalue weighted by Crippen LogP contribution is -2.72. The summed E-state index contributed by atoms with van der Waals surface area (Å²) in [5, 5.41) is 0. The molecule has 5 aliphatic rings. The van der Waals surface area contributed by atoms with E-state index in [0.717, 1.165) is 43.2 Å². The van der Waals surface area contributed by atoms with E-state index in [-0.39, 0.29) is 22.4 Å². The van der Waals surface area contributed by atoms with Gasteiger partial charge in [0.15, 0.2) is 5.79 Å². The highest BCUT2D eigenvalue weighted by molar-refractivity contribution is 5.93. The molecule has 5 unspecified atom stereocenters.